The quantitative estimate of drug-likeness (QED) is 0.514. The van der Waals surface area contributed by atoms with E-state index in [1.807, 2.05) is 54.6 Å². The summed E-state index contributed by atoms with van der Waals surface area (Å²) < 4.78 is 0. The predicted molar refractivity (Wildman–Crippen MR) is 108 cm³/mol. The first-order valence-electron chi connectivity index (χ1n) is 8.26. The molecular formula is C21H21N3S. The SMILES string of the molecule is S=C(NCc1ccccc1)NN(Cc1ccccc1)c1ccccc1. The van der Waals surface area contributed by atoms with Gasteiger partial charge in [-0.1, -0.05) is 78.9 Å². The molecule has 0 atom stereocenters. The van der Waals surface area contributed by atoms with E-state index in [4.69, 9.17) is 12.2 Å². The molecule has 3 nitrogen and oxygen atoms in total. The smallest absolute Gasteiger partial charge is 0.185 e. The summed E-state index contributed by atoms with van der Waals surface area (Å²) >= 11 is 5.48. The van der Waals surface area contributed by atoms with E-state index < -0.39 is 0 Å². The fraction of sp³-hybridized carbons (Fsp3) is 0.0952. The number of rotatable bonds is 6. The highest BCUT2D eigenvalue weighted by Crippen LogP contribution is 2.14. The van der Waals surface area contributed by atoms with E-state index in [2.05, 4.69) is 52.1 Å². The minimum Gasteiger partial charge on any atom is -0.357 e. The van der Waals surface area contributed by atoms with Gasteiger partial charge >= 0.3 is 0 Å². The Morgan fingerprint density at radius 2 is 1.24 bits per heavy atom. The topological polar surface area (TPSA) is 27.3 Å². The summed E-state index contributed by atoms with van der Waals surface area (Å²) in [6.07, 6.45) is 0. The van der Waals surface area contributed by atoms with E-state index in [1.165, 1.54) is 11.1 Å². The number of hydrogen-bond acceptors (Lipinski definition) is 2. The van der Waals surface area contributed by atoms with Gasteiger partial charge in [0.15, 0.2) is 5.11 Å². The van der Waals surface area contributed by atoms with Crippen LogP contribution in [-0.4, -0.2) is 5.11 Å². The van der Waals surface area contributed by atoms with E-state index in [-0.39, 0.29) is 0 Å². The normalized spacial score (nSPS) is 10.1. The van der Waals surface area contributed by atoms with Crippen LogP contribution < -0.4 is 15.8 Å². The lowest BCUT2D eigenvalue weighted by Gasteiger charge is -2.27. The summed E-state index contributed by atoms with van der Waals surface area (Å²) in [6, 6.07) is 30.7. The van der Waals surface area contributed by atoms with Gasteiger partial charge in [-0.3, -0.25) is 10.4 Å². The Labute approximate surface area is 154 Å². The predicted octanol–water partition coefficient (Wildman–Crippen LogP) is 4.27. The fourth-order valence-electron chi connectivity index (χ4n) is 2.51. The monoisotopic (exact) mass is 347 g/mol. The Morgan fingerprint density at radius 3 is 1.84 bits per heavy atom. The molecule has 0 aliphatic heterocycles. The second-order valence-corrected chi connectivity index (χ2v) is 6.10. The first-order chi connectivity index (χ1) is 12.3. The third-order valence-electron chi connectivity index (χ3n) is 3.78. The van der Waals surface area contributed by atoms with E-state index in [1.54, 1.807) is 0 Å². The standard InChI is InChI=1S/C21H21N3S/c25-21(22-16-18-10-4-1-5-11-18)23-24(20-14-8-3-9-15-20)17-19-12-6-2-7-13-19/h1-15H,16-17H2,(H2,22,23,25). The Hall–Kier alpha value is -2.85. The highest BCUT2D eigenvalue weighted by molar-refractivity contribution is 7.80. The van der Waals surface area contributed by atoms with Gasteiger partial charge in [-0.25, -0.2) is 0 Å². The van der Waals surface area contributed by atoms with Crippen LogP contribution in [0.1, 0.15) is 11.1 Å². The molecule has 0 spiro atoms. The highest BCUT2D eigenvalue weighted by atomic mass is 32.1. The van der Waals surface area contributed by atoms with Gasteiger partial charge in [0.25, 0.3) is 0 Å². The lowest BCUT2D eigenvalue weighted by Crippen LogP contribution is -2.46. The average Bonchev–Trinajstić information content (AvgIpc) is 2.68. The molecule has 0 saturated heterocycles. The van der Waals surface area contributed by atoms with Crippen LogP contribution in [0.4, 0.5) is 5.69 Å². The number of nitrogens with zero attached hydrogens (tertiary/aromatic N) is 1. The van der Waals surface area contributed by atoms with Crippen LogP contribution in [0.25, 0.3) is 0 Å². The van der Waals surface area contributed by atoms with Crippen LogP contribution in [-0.2, 0) is 13.1 Å². The molecule has 126 valence electrons. The maximum Gasteiger partial charge on any atom is 0.185 e. The minimum atomic E-state index is 0.601. The van der Waals surface area contributed by atoms with Gasteiger partial charge in [-0.15, -0.1) is 0 Å². The van der Waals surface area contributed by atoms with Crippen molar-refractivity contribution in [3.8, 4) is 0 Å². The molecule has 0 saturated carbocycles. The number of benzene rings is 3. The molecule has 0 aliphatic rings. The van der Waals surface area contributed by atoms with Crippen molar-refractivity contribution in [2.45, 2.75) is 13.1 Å². The van der Waals surface area contributed by atoms with Gasteiger partial charge in [0.05, 0.1) is 12.2 Å². The summed E-state index contributed by atoms with van der Waals surface area (Å²) in [7, 11) is 0. The molecule has 3 rings (SSSR count). The maximum absolute atomic E-state index is 5.48. The van der Waals surface area contributed by atoms with Gasteiger partial charge in [0, 0.05) is 6.54 Å². The van der Waals surface area contributed by atoms with Crippen molar-refractivity contribution in [2.24, 2.45) is 0 Å². The van der Waals surface area contributed by atoms with Crippen LogP contribution in [0, 0.1) is 0 Å². The first kappa shape index (κ1) is 17.0. The maximum atomic E-state index is 5.48. The Kier molecular flexibility index (Phi) is 6.01. The number of anilines is 1. The van der Waals surface area contributed by atoms with Crippen LogP contribution in [0.5, 0.6) is 0 Å². The van der Waals surface area contributed by atoms with Gasteiger partial charge in [0.1, 0.15) is 0 Å². The van der Waals surface area contributed by atoms with E-state index in [0.29, 0.717) is 11.7 Å². The molecule has 2 N–H and O–H groups in total. The van der Waals surface area contributed by atoms with E-state index >= 15 is 0 Å². The largest absolute Gasteiger partial charge is 0.357 e. The first-order valence-corrected chi connectivity index (χ1v) is 8.67. The molecule has 0 radical (unpaired) electrons. The van der Waals surface area contributed by atoms with Crippen molar-refractivity contribution in [3.63, 3.8) is 0 Å². The molecule has 0 amide bonds. The summed E-state index contributed by atoms with van der Waals surface area (Å²) in [5.74, 6) is 0. The number of nitrogens with one attached hydrogen (secondary N) is 2. The van der Waals surface area contributed by atoms with Crippen molar-refractivity contribution < 1.29 is 0 Å². The molecule has 3 aromatic rings. The molecule has 4 heteroatoms. The molecule has 0 aliphatic carbocycles. The van der Waals surface area contributed by atoms with E-state index in [9.17, 15) is 0 Å². The average molecular weight is 347 g/mol. The number of hydrogen-bond donors (Lipinski definition) is 2. The minimum absolute atomic E-state index is 0.601. The van der Waals surface area contributed by atoms with Crippen molar-refractivity contribution >= 4 is 23.0 Å². The molecule has 0 bridgehead atoms. The second-order valence-electron chi connectivity index (χ2n) is 5.69. The number of thiocarbonyl (C=S) groups is 1. The van der Waals surface area contributed by atoms with Crippen molar-refractivity contribution in [2.75, 3.05) is 5.01 Å². The molecule has 0 fully saturated rings. The molecule has 0 heterocycles. The van der Waals surface area contributed by atoms with Crippen LogP contribution in [0.15, 0.2) is 91.0 Å². The van der Waals surface area contributed by atoms with Crippen LogP contribution in [0.2, 0.25) is 0 Å². The summed E-state index contributed by atoms with van der Waals surface area (Å²) in [5.41, 5.74) is 6.78. The summed E-state index contributed by atoms with van der Waals surface area (Å²) in [6.45, 7) is 1.42. The molecular weight excluding hydrogens is 326 g/mol. The fourth-order valence-corrected chi connectivity index (χ4v) is 2.69. The number of para-hydroxylation sites is 1. The van der Waals surface area contributed by atoms with E-state index in [0.717, 1.165) is 12.2 Å². The number of hydrazine groups is 1. The Balaban J connectivity index is 1.66. The zero-order chi connectivity index (χ0) is 17.3. The van der Waals surface area contributed by atoms with Crippen molar-refractivity contribution in [1.82, 2.24) is 10.7 Å². The lowest BCUT2D eigenvalue weighted by molar-refractivity contribution is 0.740. The second kappa shape index (κ2) is 8.85. The molecule has 0 aromatic heterocycles. The van der Waals surface area contributed by atoms with Crippen molar-refractivity contribution in [1.29, 1.82) is 0 Å². The van der Waals surface area contributed by atoms with Gasteiger partial charge in [0.2, 0.25) is 0 Å². The third kappa shape index (κ3) is 5.33. The van der Waals surface area contributed by atoms with Gasteiger partial charge in [-0.05, 0) is 35.5 Å². The molecule has 25 heavy (non-hydrogen) atoms. The lowest BCUT2D eigenvalue weighted by atomic mass is 10.2. The van der Waals surface area contributed by atoms with Gasteiger partial charge < -0.3 is 5.32 Å². The highest BCUT2D eigenvalue weighted by Gasteiger charge is 2.08. The zero-order valence-corrected chi connectivity index (χ0v) is 14.7. The molecule has 0 unspecified atom stereocenters. The van der Waals surface area contributed by atoms with Gasteiger partial charge in [-0.2, -0.15) is 0 Å². The van der Waals surface area contributed by atoms with Crippen molar-refractivity contribution in [3.05, 3.63) is 102 Å². The summed E-state index contributed by atoms with van der Waals surface area (Å²) in [5, 5.41) is 5.92. The molecule has 3 aromatic carbocycles. The zero-order valence-electron chi connectivity index (χ0n) is 13.9. The van der Waals surface area contributed by atoms with Crippen LogP contribution >= 0.6 is 12.2 Å². The summed E-state index contributed by atoms with van der Waals surface area (Å²) in [4.78, 5) is 0. The Bertz CT molecular complexity index is 776. The third-order valence-corrected chi connectivity index (χ3v) is 4.02. The Morgan fingerprint density at radius 1 is 0.720 bits per heavy atom. The van der Waals surface area contributed by atoms with Crippen LogP contribution in [0.3, 0.4) is 0 Å².